The summed E-state index contributed by atoms with van der Waals surface area (Å²) in [6.45, 7) is -1.10. The van der Waals surface area contributed by atoms with E-state index in [9.17, 15) is 14.6 Å². The maximum absolute atomic E-state index is 13.4. The highest BCUT2D eigenvalue weighted by atomic mass is 35.5. The van der Waals surface area contributed by atoms with Crippen molar-refractivity contribution in [2.75, 3.05) is 20.3 Å². The van der Waals surface area contributed by atoms with Gasteiger partial charge in [-0.25, -0.2) is 9.37 Å². The Morgan fingerprint density at radius 1 is 1.42 bits per heavy atom. The Kier molecular flexibility index (Phi) is 5.58. The van der Waals surface area contributed by atoms with Gasteiger partial charge < -0.3 is 14.9 Å². The highest BCUT2D eigenvalue weighted by Crippen LogP contribution is 2.33. The fourth-order valence-electron chi connectivity index (χ4n) is 2.08. The molecule has 0 radical (unpaired) electrons. The number of methoxy groups -OCH3 is 1. The first-order valence-corrected chi connectivity index (χ1v) is 7.18. The van der Waals surface area contributed by atoms with Gasteiger partial charge in [0.05, 0.1) is 31.0 Å². The van der Waals surface area contributed by atoms with Crippen molar-refractivity contribution in [3.05, 3.63) is 57.3 Å². The van der Waals surface area contributed by atoms with Gasteiger partial charge in [0.15, 0.2) is 0 Å². The lowest BCUT2D eigenvalue weighted by Crippen LogP contribution is -2.34. The summed E-state index contributed by atoms with van der Waals surface area (Å²) in [7, 11) is 1.43. The molecule has 0 spiro atoms. The Hall–Kier alpha value is -2.38. The van der Waals surface area contributed by atoms with Crippen molar-refractivity contribution in [2.24, 2.45) is 5.11 Å². The van der Waals surface area contributed by atoms with E-state index in [0.717, 1.165) is 0 Å². The average Bonchev–Trinajstić information content (AvgIpc) is 2.61. The van der Waals surface area contributed by atoms with Gasteiger partial charge in [-0.3, -0.25) is 0 Å². The van der Waals surface area contributed by atoms with Crippen molar-refractivity contribution in [3.63, 3.8) is 0 Å². The molecule has 9 heteroatoms. The first-order chi connectivity index (χ1) is 11.4. The summed E-state index contributed by atoms with van der Waals surface area (Å²) in [5.41, 5.74) is 7.40. The zero-order valence-electron chi connectivity index (χ0n) is 12.6. The van der Waals surface area contributed by atoms with Crippen molar-refractivity contribution in [2.45, 2.75) is 5.60 Å². The lowest BCUT2D eigenvalue weighted by molar-refractivity contribution is -0.0143. The average molecular weight is 353 g/mol. The molecular weight excluding hydrogens is 339 g/mol. The number of ether oxygens (including phenoxy) is 1. The molecule has 2 aromatic rings. The number of halogens is 2. The summed E-state index contributed by atoms with van der Waals surface area (Å²) in [6.07, 6.45) is 0. The van der Waals surface area contributed by atoms with Gasteiger partial charge in [0.2, 0.25) is 0 Å². The van der Waals surface area contributed by atoms with Gasteiger partial charge >= 0.3 is 0 Å². The molecule has 7 nitrogen and oxygen atoms in total. The molecule has 0 aliphatic carbocycles. The molecule has 0 amide bonds. The summed E-state index contributed by atoms with van der Waals surface area (Å²) >= 11 is 5.80. The van der Waals surface area contributed by atoms with Gasteiger partial charge in [-0.05, 0) is 35.9 Å². The summed E-state index contributed by atoms with van der Waals surface area (Å²) in [5.74, 6) is -0.212. The Labute approximate surface area is 141 Å². The zero-order chi connectivity index (χ0) is 17.7. The largest absolute Gasteiger partial charge is 0.494 e. The lowest BCUT2D eigenvalue weighted by Gasteiger charge is -2.24. The van der Waals surface area contributed by atoms with Crippen LogP contribution in [0.4, 0.5) is 4.39 Å². The predicted octanol–water partition coefficient (Wildman–Crippen LogP) is 3.04. The first kappa shape index (κ1) is 18.0. The van der Waals surface area contributed by atoms with Crippen molar-refractivity contribution in [3.8, 4) is 17.0 Å². The van der Waals surface area contributed by atoms with Crippen LogP contribution in [-0.4, -0.2) is 35.5 Å². The monoisotopic (exact) mass is 352 g/mol. The molecule has 1 atom stereocenters. The molecule has 126 valence electrons. The van der Waals surface area contributed by atoms with Crippen molar-refractivity contribution >= 4 is 11.6 Å². The zero-order valence-corrected chi connectivity index (χ0v) is 13.4. The van der Waals surface area contributed by atoms with Gasteiger partial charge in [0.1, 0.15) is 22.9 Å². The van der Waals surface area contributed by atoms with Crippen molar-refractivity contribution in [1.82, 2.24) is 4.98 Å². The topological polar surface area (TPSA) is 111 Å². The number of azide groups is 1. The van der Waals surface area contributed by atoms with Gasteiger partial charge in [-0.2, -0.15) is 0 Å². The molecular formula is C15H14ClFN4O3. The van der Waals surface area contributed by atoms with E-state index in [2.05, 4.69) is 15.0 Å². The highest BCUT2D eigenvalue weighted by Gasteiger charge is 2.30. The number of aromatic nitrogens is 1. The fraction of sp³-hybridized carbons (Fsp3) is 0.267. The molecule has 1 aromatic carbocycles. The van der Waals surface area contributed by atoms with Gasteiger partial charge in [0, 0.05) is 10.5 Å². The van der Waals surface area contributed by atoms with Crippen LogP contribution >= 0.6 is 11.6 Å². The maximum Gasteiger partial charge on any atom is 0.145 e. The number of hydrogen-bond acceptors (Lipinski definition) is 5. The molecule has 24 heavy (non-hydrogen) atoms. The van der Waals surface area contributed by atoms with E-state index in [1.165, 1.54) is 37.4 Å². The number of benzene rings is 1. The summed E-state index contributed by atoms with van der Waals surface area (Å²) in [6, 6.07) is 6.99. The van der Waals surface area contributed by atoms with E-state index in [1.54, 1.807) is 0 Å². The number of aliphatic hydroxyl groups excluding tert-OH is 1. The van der Waals surface area contributed by atoms with Crippen LogP contribution in [0.25, 0.3) is 21.7 Å². The Morgan fingerprint density at radius 2 is 2.17 bits per heavy atom. The van der Waals surface area contributed by atoms with Crippen LogP contribution in [-0.2, 0) is 5.60 Å². The second kappa shape index (κ2) is 7.46. The molecule has 1 aromatic heterocycles. The third-order valence-electron chi connectivity index (χ3n) is 3.41. The summed E-state index contributed by atoms with van der Waals surface area (Å²) in [5, 5.41) is 23.1. The van der Waals surface area contributed by atoms with E-state index in [0.29, 0.717) is 17.0 Å². The Balaban J connectivity index is 2.58. The molecule has 0 fully saturated rings. The molecule has 0 saturated carbocycles. The van der Waals surface area contributed by atoms with E-state index in [-0.39, 0.29) is 10.7 Å². The van der Waals surface area contributed by atoms with Crippen molar-refractivity contribution < 1.29 is 19.3 Å². The summed E-state index contributed by atoms with van der Waals surface area (Å²) < 4.78 is 18.6. The number of aliphatic hydroxyl groups is 2. The van der Waals surface area contributed by atoms with Crippen LogP contribution in [0, 0.1) is 5.82 Å². The normalized spacial score (nSPS) is 13.0. The Bertz CT molecular complexity index is 798. The maximum atomic E-state index is 13.4. The SMILES string of the molecule is COc1ccc(C(O)(CO)CN=[N+]=[N-])nc1-c1ccc(F)c(Cl)c1. The quantitative estimate of drug-likeness (QED) is 0.472. The van der Waals surface area contributed by atoms with Crippen LogP contribution in [0.15, 0.2) is 35.4 Å². The molecule has 0 bridgehead atoms. The Morgan fingerprint density at radius 3 is 2.75 bits per heavy atom. The number of pyridine rings is 1. The smallest absolute Gasteiger partial charge is 0.145 e. The van der Waals surface area contributed by atoms with Crippen LogP contribution in [0.3, 0.4) is 0 Å². The van der Waals surface area contributed by atoms with Gasteiger partial charge in [0.25, 0.3) is 0 Å². The minimum absolute atomic E-state index is 0.0775. The number of nitrogens with zero attached hydrogens (tertiary/aromatic N) is 4. The van der Waals surface area contributed by atoms with E-state index >= 15 is 0 Å². The standard InChI is InChI=1S/C15H14ClFN4O3/c1-24-12-4-5-13(15(23,8-22)7-19-21-18)20-14(12)9-2-3-11(17)10(16)6-9/h2-6,22-23H,7-8H2,1H3. The molecule has 2 N–H and O–H groups in total. The predicted molar refractivity (Wildman–Crippen MR) is 86.2 cm³/mol. The van der Waals surface area contributed by atoms with E-state index in [1.807, 2.05) is 0 Å². The second-order valence-corrected chi connectivity index (χ2v) is 5.36. The first-order valence-electron chi connectivity index (χ1n) is 6.80. The number of hydrogen-bond donors (Lipinski definition) is 2. The molecule has 1 unspecified atom stereocenters. The second-order valence-electron chi connectivity index (χ2n) is 4.95. The fourth-order valence-corrected chi connectivity index (χ4v) is 2.26. The van der Waals surface area contributed by atoms with Gasteiger partial charge in [-0.15, -0.1) is 0 Å². The van der Waals surface area contributed by atoms with Crippen LogP contribution in [0.2, 0.25) is 5.02 Å². The van der Waals surface area contributed by atoms with Crippen LogP contribution < -0.4 is 4.74 Å². The van der Waals surface area contributed by atoms with E-state index < -0.39 is 24.6 Å². The molecule has 0 aliphatic heterocycles. The summed E-state index contributed by atoms with van der Waals surface area (Å²) in [4.78, 5) is 6.85. The minimum Gasteiger partial charge on any atom is -0.494 e. The number of rotatable bonds is 6. The van der Waals surface area contributed by atoms with E-state index in [4.69, 9.17) is 21.9 Å². The molecule has 1 heterocycles. The lowest BCUT2D eigenvalue weighted by atomic mass is 9.99. The third-order valence-corrected chi connectivity index (χ3v) is 3.69. The van der Waals surface area contributed by atoms with Crippen LogP contribution in [0.5, 0.6) is 5.75 Å². The molecule has 0 aliphatic rings. The molecule has 2 rings (SSSR count). The highest BCUT2D eigenvalue weighted by molar-refractivity contribution is 6.31. The van der Waals surface area contributed by atoms with Crippen LogP contribution in [0.1, 0.15) is 5.69 Å². The third kappa shape index (κ3) is 3.58. The van der Waals surface area contributed by atoms with Gasteiger partial charge in [-0.1, -0.05) is 16.7 Å². The minimum atomic E-state index is -1.85. The molecule has 0 saturated heterocycles. The van der Waals surface area contributed by atoms with Crippen molar-refractivity contribution in [1.29, 1.82) is 0 Å².